The molecule has 1 aromatic carbocycles. The van der Waals surface area contributed by atoms with Crippen molar-refractivity contribution in [1.82, 2.24) is 14.6 Å². The monoisotopic (exact) mass is 446 g/mol. The first-order valence-electron chi connectivity index (χ1n) is 9.58. The summed E-state index contributed by atoms with van der Waals surface area (Å²) < 4.78 is 33.2. The average Bonchev–Trinajstić information content (AvgIpc) is 3.09. The van der Waals surface area contributed by atoms with Crippen LogP contribution in [0.4, 0.5) is 5.69 Å². The van der Waals surface area contributed by atoms with Crippen LogP contribution < -0.4 is 16.2 Å². The lowest BCUT2D eigenvalue weighted by Gasteiger charge is -2.26. The van der Waals surface area contributed by atoms with Gasteiger partial charge in [-0.3, -0.25) is 13.9 Å². The summed E-state index contributed by atoms with van der Waals surface area (Å²) in [4.78, 5) is 11.8. The molecule has 2 heterocycles. The Balaban J connectivity index is 1.90. The Morgan fingerprint density at radius 2 is 1.94 bits per heavy atom. The van der Waals surface area contributed by atoms with E-state index in [1.165, 1.54) is 0 Å². The molecule has 0 bridgehead atoms. The highest BCUT2D eigenvalue weighted by Gasteiger charge is 2.32. The van der Waals surface area contributed by atoms with Crippen LogP contribution in [0.2, 0.25) is 0 Å². The average molecular weight is 447 g/mol. The van der Waals surface area contributed by atoms with Crippen LogP contribution in [0, 0.1) is 0 Å². The third kappa shape index (κ3) is 6.00. The Morgan fingerprint density at radius 1 is 1.23 bits per heavy atom. The van der Waals surface area contributed by atoms with Crippen molar-refractivity contribution in [2.24, 2.45) is 11.5 Å². The van der Waals surface area contributed by atoms with Crippen LogP contribution in [0.5, 0.6) is 0 Å². The normalized spacial score (nSPS) is 14.8. The van der Waals surface area contributed by atoms with E-state index in [4.69, 9.17) is 16.2 Å². The van der Waals surface area contributed by atoms with Crippen molar-refractivity contribution in [2.45, 2.75) is 31.4 Å². The molecule has 0 spiro atoms. The number of carbonyl (C=O) groups excluding carboxylic acids is 1. The van der Waals surface area contributed by atoms with Crippen LogP contribution in [0.25, 0.3) is 5.65 Å². The van der Waals surface area contributed by atoms with Gasteiger partial charge in [0.15, 0.2) is 5.65 Å². The number of anilines is 1. The lowest BCUT2D eigenvalue weighted by Crippen LogP contribution is -2.50. The molecule has 3 rings (SSSR count). The number of rotatable bonds is 10. The Morgan fingerprint density at radius 3 is 2.58 bits per heavy atom. The van der Waals surface area contributed by atoms with E-state index >= 15 is 0 Å². The van der Waals surface area contributed by atoms with Crippen LogP contribution in [0.3, 0.4) is 0 Å². The van der Waals surface area contributed by atoms with E-state index in [0.717, 1.165) is 11.8 Å². The number of benzene rings is 1. The molecular formula is C20H26N6O4S. The lowest BCUT2D eigenvalue weighted by atomic mass is 9.89. The number of aromatic nitrogens is 3. The Labute approximate surface area is 180 Å². The number of fused-ring (bicyclic) bond motifs is 1. The number of hydrogen-bond acceptors (Lipinski definition) is 7. The Bertz CT molecular complexity index is 1160. The minimum Gasteiger partial charge on any atom is -0.376 e. The predicted octanol–water partition coefficient (Wildman–Crippen LogP) is 0.994. The molecule has 3 aromatic rings. The van der Waals surface area contributed by atoms with Gasteiger partial charge in [0, 0.05) is 12.1 Å². The zero-order valence-corrected chi connectivity index (χ0v) is 18.2. The maximum atomic E-state index is 11.8. The molecule has 0 saturated heterocycles. The molecule has 166 valence electrons. The van der Waals surface area contributed by atoms with Crippen molar-refractivity contribution >= 4 is 27.3 Å². The highest BCUT2D eigenvalue weighted by atomic mass is 32.2. The number of nitrogens with one attached hydrogen (secondary N) is 1. The zero-order chi connectivity index (χ0) is 22.6. The van der Waals surface area contributed by atoms with E-state index in [1.54, 1.807) is 29.7 Å². The van der Waals surface area contributed by atoms with Crippen molar-refractivity contribution in [3.05, 3.63) is 60.0 Å². The first-order valence-corrected chi connectivity index (χ1v) is 11.5. The van der Waals surface area contributed by atoms with Crippen molar-refractivity contribution in [3.8, 4) is 0 Å². The molecule has 2 unspecified atom stereocenters. The van der Waals surface area contributed by atoms with Gasteiger partial charge in [-0.25, -0.2) is 8.42 Å². The van der Waals surface area contributed by atoms with E-state index in [9.17, 15) is 13.2 Å². The van der Waals surface area contributed by atoms with Crippen molar-refractivity contribution in [3.63, 3.8) is 0 Å². The second-order valence-electron chi connectivity index (χ2n) is 7.76. The zero-order valence-electron chi connectivity index (χ0n) is 17.4. The topological polar surface area (TPSA) is 155 Å². The maximum absolute atomic E-state index is 11.8. The molecule has 1 amide bonds. The van der Waals surface area contributed by atoms with E-state index in [2.05, 4.69) is 14.9 Å². The Hall–Kier alpha value is -3.02. The summed E-state index contributed by atoms with van der Waals surface area (Å²) in [6.45, 7) is 2.13. The summed E-state index contributed by atoms with van der Waals surface area (Å²) in [5.74, 6) is -0.582. The molecule has 0 aliphatic heterocycles. The van der Waals surface area contributed by atoms with Crippen LogP contribution in [-0.2, 0) is 26.2 Å². The molecule has 11 heteroatoms. The summed E-state index contributed by atoms with van der Waals surface area (Å²) in [7, 11) is -3.46. The summed E-state index contributed by atoms with van der Waals surface area (Å²) in [5.41, 5.74) is 12.2. The first kappa shape index (κ1) is 22.7. The van der Waals surface area contributed by atoms with E-state index in [0.29, 0.717) is 23.8 Å². The molecular weight excluding hydrogens is 420 g/mol. The minimum absolute atomic E-state index is 0.168. The van der Waals surface area contributed by atoms with Gasteiger partial charge in [0.2, 0.25) is 15.9 Å². The van der Waals surface area contributed by atoms with E-state index in [1.807, 2.05) is 30.3 Å². The summed E-state index contributed by atoms with van der Waals surface area (Å²) >= 11 is 0. The van der Waals surface area contributed by atoms with Crippen molar-refractivity contribution < 1.29 is 17.9 Å². The standard InChI is InChI=1S/C20H26N6O4S/c1-20(22,19(21)27)10-15(13-30-12-14-6-4-3-5-7-14)18-24-23-17-9-8-16(11-26(17)18)25-31(2,28)29/h3-9,11,15,25H,10,12-13,22H2,1-2H3,(H2,21,27). The van der Waals surface area contributed by atoms with Gasteiger partial charge < -0.3 is 16.2 Å². The molecule has 2 atom stereocenters. The van der Waals surface area contributed by atoms with Crippen LogP contribution in [-0.4, -0.2) is 47.3 Å². The van der Waals surface area contributed by atoms with Gasteiger partial charge in [-0.05, 0) is 31.0 Å². The fourth-order valence-corrected chi connectivity index (χ4v) is 3.74. The Kier molecular flexibility index (Phi) is 6.58. The number of pyridine rings is 1. The summed E-state index contributed by atoms with van der Waals surface area (Å²) in [6, 6.07) is 12.9. The molecule has 31 heavy (non-hydrogen) atoms. The highest BCUT2D eigenvalue weighted by molar-refractivity contribution is 7.92. The SMILES string of the molecule is CC(N)(CC(COCc1ccccc1)c1nnc2ccc(NS(C)(=O)=O)cn12)C(N)=O. The van der Waals surface area contributed by atoms with Crippen molar-refractivity contribution in [1.29, 1.82) is 0 Å². The fraction of sp³-hybridized carbons (Fsp3) is 0.350. The predicted molar refractivity (Wildman–Crippen MR) is 117 cm³/mol. The third-order valence-corrected chi connectivity index (χ3v) is 5.37. The quantitative estimate of drug-likeness (QED) is 0.419. The van der Waals surface area contributed by atoms with Crippen LogP contribution in [0.1, 0.15) is 30.7 Å². The van der Waals surface area contributed by atoms with Gasteiger partial charge in [-0.15, -0.1) is 10.2 Å². The number of sulfonamides is 1. The largest absolute Gasteiger partial charge is 0.376 e. The molecule has 0 fully saturated rings. The van der Waals surface area contributed by atoms with Gasteiger partial charge in [0.1, 0.15) is 5.82 Å². The number of nitrogens with two attached hydrogens (primary N) is 2. The van der Waals surface area contributed by atoms with Gasteiger partial charge in [-0.2, -0.15) is 0 Å². The number of hydrogen-bond donors (Lipinski definition) is 3. The molecule has 5 N–H and O–H groups in total. The number of amides is 1. The molecule has 10 nitrogen and oxygen atoms in total. The summed E-state index contributed by atoms with van der Waals surface area (Å²) in [6.07, 6.45) is 2.81. The van der Waals surface area contributed by atoms with E-state index in [-0.39, 0.29) is 13.0 Å². The van der Waals surface area contributed by atoms with Gasteiger partial charge in [-0.1, -0.05) is 30.3 Å². The number of primary amides is 1. The highest BCUT2D eigenvalue weighted by Crippen LogP contribution is 2.26. The molecule has 0 saturated carbocycles. The molecule has 0 aliphatic rings. The molecule has 2 aromatic heterocycles. The number of ether oxygens (including phenoxy) is 1. The van der Waals surface area contributed by atoms with Crippen molar-refractivity contribution in [2.75, 3.05) is 17.6 Å². The van der Waals surface area contributed by atoms with Crippen LogP contribution >= 0.6 is 0 Å². The smallest absolute Gasteiger partial charge is 0.237 e. The van der Waals surface area contributed by atoms with Gasteiger partial charge >= 0.3 is 0 Å². The number of nitrogens with zero attached hydrogens (tertiary/aromatic N) is 3. The lowest BCUT2D eigenvalue weighted by molar-refractivity contribution is -0.123. The molecule has 0 aliphatic carbocycles. The fourth-order valence-electron chi connectivity index (χ4n) is 3.19. The van der Waals surface area contributed by atoms with Gasteiger partial charge in [0.05, 0.1) is 30.7 Å². The summed E-state index contributed by atoms with van der Waals surface area (Å²) in [5, 5.41) is 8.39. The van der Waals surface area contributed by atoms with Crippen LogP contribution in [0.15, 0.2) is 48.7 Å². The second-order valence-corrected chi connectivity index (χ2v) is 9.51. The minimum atomic E-state index is -3.46. The maximum Gasteiger partial charge on any atom is 0.237 e. The first-order chi connectivity index (χ1) is 14.5. The van der Waals surface area contributed by atoms with Gasteiger partial charge in [0.25, 0.3) is 0 Å². The molecule has 0 radical (unpaired) electrons. The second kappa shape index (κ2) is 9.00. The van der Waals surface area contributed by atoms with E-state index < -0.39 is 27.4 Å². The third-order valence-electron chi connectivity index (χ3n) is 4.76. The number of carbonyl (C=O) groups is 1.